The van der Waals surface area contributed by atoms with E-state index in [1.165, 1.54) is 12.8 Å². The molecule has 1 aliphatic carbocycles. The van der Waals surface area contributed by atoms with Crippen molar-refractivity contribution in [3.8, 4) is 0 Å². The number of hydrogen-bond donors (Lipinski definition) is 2. The van der Waals surface area contributed by atoms with Gasteiger partial charge in [-0.1, -0.05) is 19.3 Å². The molecule has 0 atom stereocenters. The Morgan fingerprint density at radius 3 is 2.90 bits per heavy atom. The van der Waals surface area contributed by atoms with Gasteiger partial charge in [0, 0.05) is 11.4 Å². The molecule has 0 spiro atoms. The molecule has 0 aromatic carbocycles. The molecule has 1 saturated carbocycles. The SMILES string of the molecule is NCCCCCc1nc(CC(=O)NC2CCCC2)cs1. The number of nitrogens with two attached hydrogens (primary N) is 1. The topological polar surface area (TPSA) is 68.0 Å². The summed E-state index contributed by atoms with van der Waals surface area (Å²) in [6.07, 6.45) is 9.58. The zero-order chi connectivity index (χ0) is 14.2. The van der Waals surface area contributed by atoms with Gasteiger partial charge in [0.25, 0.3) is 0 Å². The number of nitrogens with zero attached hydrogens (tertiary/aromatic N) is 1. The van der Waals surface area contributed by atoms with E-state index in [4.69, 9.17) is 5.73 Å². The summed E-state index contributed by atoms with van der Waals surface area (Å²) in [7, 11) is 0. The maximum Gasteiger partial charge on any atom is 0.226 e. The molecule has 5 heteroatoms. The molecule has 3 N–H and O–H groups in total. The largest absolute Gasteiger partial charge is 0.353 e. The van der Waals surface area contributed by atoms with Crippen LogP contribution in [0.25, 0.3) is 0 Å². The Balaban J connectivity index is 1.69. The number of nitrogens with one attached hydrogen (secondary N) is 1. The molecule has 1 aromatic heterocycles. The van der Waals surface area contributed by atoms with E-state index in [1.54, 1.807) is 11.3 Å². The van der Waals surface area contributed by atoms with Gasteiger partial charge in [0.2, 0.25) is 5.91 Å². The van der Waals surface area contributed by atoms with Gasteiger partial charge in [-0.3, -0.25) is 4.79 Å². The molecule has 2 rings (SSSR count). The second-order valence-electron chi connectivity index (χ2n) is 5.56. The van der Waals surface area contributed by atoms with Crippen LogP contribution in [0.1, 0.15) is 55.6 Å². The lowest BCUT2D eigenvalue weighted by Gasteiger charge is -2.10. The zero-order valence-corrected chi connectivity index (χ0v) is 12.9. The third kappa shape index (κ3) is 5.21. The predicted octanol–water partition coefficient (Wildman–Crippen LogP) is 2.42. The Hall–Kier alpha value is -0.940. The van der Waals surface area contributed by atoms with Crippen molar-refractivity contribution in [2.75, 3.05) is 6.54 Å². The molecule has 20 heavy (non-hydrogen) atoms. The van der Waals surface area contributed by atoms with Gasteiger partial charge in [-0.2, -0.15) is 0 Å². The maximum atomic E-state index is 11.9. The number of hydrogen-bond acceptors (Lipinski definition) is 4. The highest BCUT2D eigenvalue weighted by Gasteiger charge is 2.17. The lowest BCUT2D eigenvalue weighted by Crippen LogP contribution is -2.33. The van der Waals surface area contributed by atoms with Gasteiger partial charge in [0.05, 0.1) is 17.1 Å². The van der Waals surface area contributed by atoms with Crippen LogP contribution in [0.3, 0.4) is 0 Å². The van der Waals surface area contributed by atoms with E-state index in [-0.39, 0.29) is 5.91 Å². The van der Waals surface area contributed by atoms with Crippen molar-refractivity contribution in [3.05, 3.63) is 16.1 Å². The first-order chi connectivity index (χ1) is 9.78. The zero-order valence-electron chi connectivity index (χ0n) is 12.1. The maximum absolute atomic E-state index is 11.9. The first-order valence-electron chi connectivity index (χ1n) is 7.70. The van der Waals surface area contributed by atoms with E-state index in [2.05, 4.69) is 10.3 Å². The minimum Gasteiger partial charge on any atom is -0.353 e. The molecule has 0 unspecified atom stereocenters. The number of aromatic nitrogens is 1. The number of rotatable bonds is 8. The summed E-state index contributed by atoms with van der Waals surface area (Å²) in [5.41, 5.74) is 6.39. The summed E-state index contributed by atoms with van der Waals surface area (Å²) in [5, 5.41) is 6.27. The highest BCUT2D eigenvalue weighted by atomic mass is 32.1. The summed E-state index contributed by atoms with van der Waals surface area (Å²) >= 11 is 1.67. The molecule has 0 saturated heterocycles. The second kappa shape index (κ2) is 8.37. The highest BCUT2D eigenvalue weighted by molar-refractivity contribution is 7.09. The van der Waals surface area contributed by atoms with Crippen LogP contribution in [-0.2, 0) is 17.6 Å². The van der Waals surface area contributed by atoms with Crippen LogP contribution in [0.4, 0.5) is 0 Å². The van der Waals surface area contributed by atoms with Gasteiger partial charge < -0.3 is 11.1 Å². The smallest absolute Gasteiger partial charge is 0.226 e. The Kier molecular flexibility index (Phi) is 6.47. The van der Waals surface area contributed by atoms with Gasteiger partial charge in [0.15, 0.2) is 0 Å². The molecule has 1 fully saturated rings. The number of aryl methyl sites for hydroxylation is 1. The first-order valence-corrected chi connectivity index (χ1v) is 8.58. The summed E-state index contributed by atoms with van der Waals surface area (Å²) < 4.78 is 0. The van der Waals surface area contributed by atoms with Crippen molar-refractivity contribution in [2.45, 2.75) is 63.8 Å². The molecule has 1 amide bonds. The van der Waals surface area contributed by atoms with Crippen LogP contribution in [0.2, 0.25) is 0 Å². The Labute approximate surface area is 125 Å². The van der Waals surface area contributed by atoms with E-state index in [0.717, 1.165) is 55.8 Å². The van der Waals surface area contributed by atoms with Crippen molar-refractivity contribution >= 4 is 17.2 Å². The van der Waals surface area contributed by atoms with E-state index in [1.807, 2.05) is 5.38 Å². The van der Waals surface area contributed by atoms with Crippen LogP contribution >= 0.6 is 11.3 Å². The molecule has 0 bridgehead atoms. The number of amides is 1. The number of carbonyl (C=O) groups is 1. The molecule has 0 radical (unpaired) electrons. The van der Waals surface area contributed by atoms with Crippen molar-refractivity contribution in [2.24, 2.45) is 5.73 Å². The van der Waals surface area contributed by atoms with E-state index in [0.29, 0.717) is 12.5 Å². The third-order valence-electron chi connectivity index (χ3n) is 3.76. The summed E-state index contributed by atoms with van der Waals surface area (Å²) in [6, 6.07) is 0.400. The van der Waals surface area contributed by atoms with Gasteiger partial charge >= 0.3 is 0 Å². The normalized spacial score (nSPS) is 15.7. The van der Waals surface area contributed by atoms with Gasteiger partial charge in [-0.15, -0.1) is 11.3 Å². The standard InChI is InChI=1S/C15H25N3OS/c16-9-5-1-2-8-15-18-13(11-20-15)10-14(19)17-12-6-3-4-7-12/h11-12H,1-10,16H2,(H,17,19). The van der Waals surface area contributed by atoms with Gasteiger partial charge in [-0.05, 0) is 38.6 Å². The average molecular weight is 295 g/mol. The number of carbonyl (C=O) groups excluding carboxylic acids is 1. The molecule has 1 aromatic rings. The summed E-state index contributed by atoms with van der Waals surface area (Å²) in [5.74, 6) is 0.122. The molecular weight excluding hydrogens is 270 g/mol. The van der Waals surface area contributed by atoms with E-state index >= 15 is 0 Å². The fourth-order valence-electron chi connectivity index (χ4n) is 2.66. The summed E-state index contributed by atoms with van der Waals surface area (Å²) in [6.45, 7) is 0.768. The predicted molar refractivity (Wildman–Crippen MR) is 82.8 cm³/mol. The summed E-state index contributed by atoms with van der Waals surface area (Å²) in [4.78, 5) is 16.5. The van der Waals surface area contributed by atoms with Crippen molar-refractivity contribution in [1.82, 2.24) is 10.3 Å². The van der Waals surface area contributed by atoms with Crippen LogP contribution in [0.15, 0.2) is 5.38 Å². The van der Waals surface area contributed by atoms with Crippen molar-refractivity contribution < 1.29 is 4.79 Å². The van der Waals surface area contributed by atoms with Crippen LogP contribution in [0, 0.1) is 0 Å². The Morgan fingerprint density at radius 2 is 2.15 bits per heavy atom. The Morgan fingerprint density at radius 1 is 1.35 bits per heavy atom. The van der Waals surface area contributed by atoms with Crippen molar-refractivity contribution in [3.63, 3.8) is 0 Å². The molecular formula is C15H25N3OS. The van der Waals surface area contributed by atoms with Crippen LogP contribution in [-0.4, -0.2) is 23.5 Å². The van der Waals surface area contributed by atoms with Crippen LogP contribution in [0.5, 0.6) is 0 Å². The van der Waals surface area contributed by atoms with E-state index < -0.39 is 0 Å². The van der Waals surface area contributed by atoms with E-state index in [9.17, 15) is 4.79 Å². The highest BCUT2D eigenvalue weighted by Crippen LogP contribution is 2.18. The van der Waals surface area contributed by atoms with Crippen LogP contribution < -0.4 is 11.1 Å². The number of unbranched alkanes of at least 4 members (excludes halogenated alkanes) is 2. The molecule has 0 aliphatic heterocycles. The molecule has 4 nitrogen and oxygen atoms in total. The molecule has 112 valence electrons. The first kappa shape index (κ1) is 15.4. The monoisotopic (exact) mass is 295 g/mol. The fraction of sp³-hybridized carbons (Fsp3) is 0.733. The third-order valence-corrected chi connectivity index (χ3v) is 4.71. The minimum atomic E-state index is 0.122. The molecule has 1 heterocycles. The quantitative estimate of drug-likeness (QED) is 0.724. The fourth-order valence-corrected chi connectivity index (χ4v) is 3.50. The second-order valence-corrected chi connectivity index (χ2v) is 6.50. The Bertz CT molecular complexity index is 413. The minimum absolute atomic E-state index is 0.122. The van der Waals surface area contributed by atoms with Crippen molar-refractivity contribution in [1.29, 1.82) is 0 Å². The van der Waals surface area contributed by atoms with Gasteiger partial charge in [0.1, 0.15) is 0 Å². The molecule has 1 aliphatic rings. The number of thiazole rings is 1. The average Bonchev–Trinajstić information content (AvgIpc) is 3.07. The van der Waals surface area contributed by atoms with Gasteiger partial charge in [-0.25, -0.2) is 4.98 Å². The lowest BCUT2D eigenvalue weighted by atomic mass is 10.2. The lowest BCUT2D eigenvalue weighted by molar-refractivity contribution is -0.121.